The molecule has 2 rings (SSSR count). The van der Waals surface area contributed by atoms with Crippen molar-refractivity contribution in [2.24, 2.45) is 0 Å². The van der Waals surface area contributed by atoms with Crippen molar-refractivity contribution in [3.63, 3.8) is 0 Å². The molecule has 0 atom stereocenters. The first-order valence-corrected chi connectivity index (χ1v) is 8.29. The van der Waals surface area contributed by atoms with Crippen LogP contribution in [0.2, 0.25) is 0 Å². The average molecular weight is 332 g/mol. The van der Waals surface area contributed by atoms with Gasteiger partial charge < -0.3 is 15.0 Å². The van der Waals surface area contributed by atoms with Gasteiger partial charge in [-0.1, -0.05) is 6.07 Å². The molecule has 6 nitrogen and oxygen atoms in total. The van der Waals surface area contributed by atoms with Gasteiger partial charge >= 0.3 is 0 Å². The van der Waals surface area contributed by atoms with E-state index < -0.39 is 0 Å². The normalized spacial score (nSPS) is 10.3. The number of thioether (sulfide) groups is 1. The molecule has 0 saturated carbocycles. The molecule has 0 fully saturated rings. The molecule has 1 heterocycles. The monoisotopic (exact) mass is 332 g/mol. The Hall–Kier alpha value is -2.28. The number of benzene rings is 1. The highest BCUT2D eigenvalue weighted by Gasteiger charge is 2.10. The summed E-state index contributed by atoms with van der Waals surface area (Å²) in [6.07, 6.45) is 2.02. The lowest BCUT2D eigenvalue weighted by Crippen LogP contribution is -2.22. The van der Waals surface area contributed by atoms with E-state index >= 15 is 0 Å². The number of nitrogens with one attached hydrogen (secondary N) is 1. The van der Waals surface area contributed by atoms with Crippen molar-refractivity contribution in [1.29, 1.82) is 0 Å². The van der Waals surface area contributed by atoms with Crippen LogP contribution in [0, 0.1) is 0 Å². The maximum Gasteiger partial charge on any atom is 0.271 e. The molecule has 23 heavy (non-hydrogen) atoms. The Balaban J connectivity index is 2.12. The Morgan fingerprint density at radius 1 is 1.30 bits per heavy atom. The topological polar surface area (TPSA) is 67.4 Å². The lowest BCUT2D eigenvalue weighted by Gasteiger charge is -2.18. The lowest BCUT2D eigenvalue weighted by molar-refractivity contribution is 0.0957. The molecular weight excluding hydrogens is 312 g/mol. The Morgan fingerprint density at radius 2 is 2.09 bits per heavy atom. The maximum atomic E-state index is 11.5. The van der Waals surface area contributed by atoms with Gasteiger partial charge in [-0.3, -0.25) is 4.79 Å². The van der Waals surface area contributed by atoms with Crippen molar-refractivity contribution in [2.45, 2.75) is 11.4 Å². The van der Waals surface area contributed by atoms with E-state index in [1.54, 1.807) is 38.1 Å². The van der Waals surface area contributed by atoms with Gasteiger partial charge in [0.1, 0.15) is 5.75 Å². The van der Waals surface area contributed by atoms with Crippen molar-refractivity contribution in [3.05, 3.63) is 41.6 Å². The molecule has 1 aromatic carbocycles. The highest BCUT2D eigenvalue weighted by atomic mass is 32.2. The van der Waals surface area contributed by atoms with E-state index in [4.69, 9.17) is 4.74 Å². The highest BCUT2D eigenvalue weighted by molar-refractivity contribution is 7.98. The van der Waals surface area contributed by atoms with Gasteiger partial charge in [0, 0.05) is 25.5 Å². The zero-order chi connectivity index (χ0) is 16.8. The average Bonchev–Trinajstić information content (AvgIpc) is 2.60. The minimum Gasteiger partial charge on any atom is -0.496 e. The molecule has 0 aliphatic heterocycles. The second kappa shape index (κ2) is 7.82. The number of hydrogen-bond donors (Lipinski definition) is 1. The van der Waals surface area contributed by atoms with Gasteiger partial charge in [0.05, 0.1) is 7.11 Å². The largest absolute Gasteiger partial charge is 0.496 e. The molecule has 0 unspecified atom stereocenters. The maximum absolute atomic E-state index is 11.5. The first-order chi connectivity index (χ1) is 11.1. The summed E-state index contributed by atoms with van der Waals surface area (Å²) in [6, 6.07) is 9.58. The third-order valence-corrected chi connectivity index (χ3v) is 4.15. The summed E-state index contributed by atoms with van der Waals surface area (Å²) in [5.41, 5.74) is 1.41. The number of carbonyl (C=O) groups excluding carboxylic acids is 1. The second-order valence-electron chi connectivity index (χ2n) is 4.90. The molecule has 122 valence electrons. The quantitative estimate of drug-likeness (QED) is 0.818. The first kappa shape index (κ1) is 17.1. The number of nitrogens with zero attached hydrogens (tertiary/aromatic N) is 3. The molecule has 1 amide bonds. The number of rotatable bonds is 6. The van der Waals surface area contributed by atoms with E-state index in [0.29, 0.717) is 18.1 Å². The zero-order valence-electron chi connectivity index (χ0n) is 13.7. The van der Waals surface area contributed by atoms with E-state index in [9.17, 15) is 4.79 Å². The van der Waals surface area contributed by atoms with Gasteiger partial charge in [0.25, 0.3) is 5.91 Å². The van der Waals surface area contributed by atoms with Gasteiger partial charge in [0.2, 0.25) is 0 Å². The third kappa shape index (κ3) is 4.13. The van der Waals surface area contributed by atoms with E-state index in [0.717, 1.165) is 16.2 Å². The number of amides is 1. The van der Waals surface area contributed by atoms with Gasteiger partial charge in [-0.05, 0) is 36.1 Å². The van der Waals surface area contributed by atoms with Gasteiger partial charge in [-0.2, -0.15) is 0 Å². The highest BCUT2D eigenvalue weighted by Crippen LogP contribution is 2.29. The van der Waals surface area contributed by atoms with Crippen molar-refractivity contribution in [1.82, 2.24) is 15.5 Å². The number of carbonyl (C=O) groups is 1. The molecule has 0 radical (unpaired) electrons. The molecule has 0 aliphatic carbocycles. The molecule has 0 bridgehead atoms. The van der Waals surface area contributed by atoms with Crippen LogP contribution in [0.5, 0.6) is 5.75 Å². The first-order valence-electron chi connectivity index (χ1n) is 7.07. The van der Waals surface area contributed by atoms with Crippen LogP contribution < -0.4 is 15.0 Å². The summed E-state index contributed by atoms with van der Waals surface area (Å²) < 4.78 is 5.41. The van der Waals surface area contributed by atoms with Gasteiger partial charge in [-0.15, -0.1) is 22.0 Å². The smallest absolute Gasteiger partial charge is 0.271 e. The Morgan fingerprint density at radius 3 is 2.65 bits per heavy atom. The van der Waals surface area contributed by atoms with Crippen molar-refractivity contribution < 1.29 is 9.53 Å². The molecule has 0 spiro atoms. The predicted molar refractivity (Wildman–Crippen MR) is 92.3 cm³/mol. The molecule has 7 heteroatoms. The van der Waals surface area contributed by atoms with Crippen LogP contribution in [0.25, 0.3) is 0 Å². The predicted octanol–water partition coefficient (Wildman–Crippen LogP) is 2.20. The number of aromatic nitrogens is 2. The summed E-state index contributed by atoms with van der Waals surface area (Å²) in [5.74, 6) is 1.32. The Labute approximate surface area is 140 Å². The standard InChI is InChI=1S/C16H20N4O2S/c1-17-16(21)12-6-8-15(19-18-12)20(2)10-11-5-7-14(23-4)13(9-11)22-3/h5-9H,10H2,1-4H3,(H,17,21). The van der Waals surface area contributed by atoms with E-state index in [1.165, 1.54) is 0 Å². The zero-order valence-corrected chi connectivity index (χ0v) is 14.5. The van der Waals surface area contributed by atoms with E-state index in [-0.39, 0.29) is 5.91 Å². The fraction of sp³-hybridized carbons (Fsp3) is 0.312. The third-order valence-electron chi connectivity index (χ3n) is 3.37. The van der Waals surface area contributed by atoms with Crippen LogP contribution in [0.1, 0.15) is 16.1 Å². The molecule has 1 N–H and O–H groups in total. The Bertz CT molecular complexity index is 676. The van der Waals surface area contributed by atoms with Crippen LogP contribution in [0.3, 0.4) is 0 Å². The fourth-order valence-corrected chi connectivity index (χ4v) is 2.66. The SMILES string of the molecule is CNC(=O)c1ccc(N(C)Cc2ccc(SC)c(OC)c2)nn1. The fourth-order valence-electron chi connectivity index (χ4n) is 2.11. The summed E-state index contributed by atoms with van der Waals surface area (Å²) in [7, 11) is 5.17. The second-order valence-corrected chi connectivity index (χ2v) is 5.75. The number of methoxy groups -OCH3 is 1. The van der Waals surface area contributed by atoms with E-state index in [1.807, 2.05) is 30.3 Å². The summed E-state index contributed by atoms with van der Waals surface area (Å²) in [4.78, 5) is 14.5. The molecular formula is C16H20N4O2S. The molecule has 2 aromatic rings. The number of ether oxygens (including phenoxy) is 1. The summed E-state index contributed by atoms with van der Waals surface area (Å²) in [6.45, 7) is 0.666. The van der Waals surface area contributed by atoms with Crippen LogP contribution in [-0.4, -0.2) is 43.6 Å². The minimum atomic E-state index is -0.246. The number of anilines is 1. The van der Waals surface area contributed by atoms with Gasteiger partial charge in [0.15, 0.2) is 11.5 Å². The van der Waals surface area contributed by atoms with Crippen LogP contribution >= 0.6 is 11.8 Å². The van der Waals surface area contributed by atoms with Crippen LogP contribution in [0.4, 0.5) is 5.82 Å². The minimum absolute atomic E-state index is 0.246. The van der Waals surface area contributed by atoms with Crippen molar-refractivity contribution in [2.75, 3.05) is 32.4 Å². The van der Waals surface area contributed by atoms with E-state index in [2.05, 4.69) is 21.6 Å². The lowest BCUT2D eigenvalue weighted by atomic mass is 10.2. The molecule has 0 aliphatic rings. The molecule has 0 saturated heterocycles. The summed E-state index contributed by atoms with van der Waals surface area (Å²) in [5, 5.41) is 10.6. The summed E-state index contributed by atoms with van der Waals surface area (Å²) >= 11 is 1.65. The van der Waals surface area contributed by atoms with Crippen molar-refractivity contribution >= 4 is 23.5 Å². The van der Waals surface area contributed by atoms with Crippen LogP contribution in [-0.2, 0) is 6.54 Å². The van der Waals surface area contributed by atoms with Crippen molar-refractivity contribution in [3.8, 4) is 5.75 Å². The molecule has 1 aromatic heterocycles. The number of hydrogen-bond acceptors (Lipinski definition) is 6. The van der Waals surface area contributed by atoms with Crippen LogP contribution in [0.15, 0.2) is 35.2 Å². The Kier molecular flexibility index (Phi) is 5.81. The van der Waals surface area contributed by atoms with Gasteiger partial charge in [-0.25, -0.2) is 0 Å².